The summed E-state index contributed by atoms with van der Waals surface area (Å²) >= 11 is 0. The van der Waals surface area contributed by atoms with Gasteiger partial charge in [0.25, 0.3) is 0 Å². The van der Waals surface area contributed by atoms with Gasteiger partial charge in [0, 0.05) is 26.4 Å². The molecule has 27 heavy (non-hydrogen) atoms. The van der Waals surface area contributed by atoms with Crippen LogP contribution in [0.5, 0.6) is 5.75 Å². The van der Waals surface area contributed by atoms with Gasteiger partial charge >= 0.3 is 0 Å². The van der Waals surface area contributed by atoms with Gasteiger partial charge in [0.15, 0.2) is 5.82 Å². The number of nitrogens with zero attached hydrogens (tertiary/aromatic N) is 3. The van der Waals surface area contributed by atoms with Gasteiger partial charge in [-0.25, -0.2) is 0 Å². The molecule has 1 aliphatic heterocycles. The second-order valence-electron chi connectivity index (χ2n) is 6.74. The molecule has 0 aliphatic carbocycles. The highest BCUT2D eigenvalue weighted by atomic mass is 16.5. The summed E-state index contributed by atoms with van der Waals surface area (Å²) in [5, 5.41) is 9.63. The van der Waals surface area contributed by atoms with Gasteiger partial charge in [0.2, 0.25) is 17.8 Å². The number of likely N-dealkylation sites (tertiary alicyclic amines) is 1. The van der Waals surface area contributed by atoms with Gasteiger partial charge in [-0.2, -0.15) is 4.98 Å². The maximum absolute atomic E-state index is 12.2. The van der Waals surface area contributed by atoms with E-state index in [9.17, 15) is 9.59 Å². The van der Waals surface area contributed by atoms with Crippen LogP contribution in [0, 0.1) is 5.92 Å². The normalized spacial score (nSPS) is 14.8. The van der Waals surface area contributed by atoms with E-state index in [4.69, 9.17) is 4.74 Å². The number of amides is 2. The van der Waals surface area contributed by atoms with Gasteiger partial charge in [0.05, 0.1) is 12.7 Å². The Labute approximate surface area is 158 Å². The van der Waals surface area contributed by atoms with Crippen molar-refractivity contribution in [2.24, 2.45) is 5.92 Å². The van der Waals surface area contributed by atoms with Gasteiger partial charge in [-0.3, -0.25) is 20.0 Å². The summed E-state index contributed by atoms with van der Waals surface area (Å²) in [5.41, 5.74) is 0.783. The first kappa shape index (κ1) is 18.9. The molecule has 0 bridgehead atoms. The first-order chi connectivity index (χ1) is 13.1. The maximum Gasteiger partial charge on any atom is 0.249 e. The minimum atomic E-state index is -0.102. The molecule has 144 valence electrons. The zero-order valence-electron chi connectivity index (χ0n) is 15.7. The number of hydrogen-bond donors (Lipinski definition) is 2. The van der Waals surface area contributed by atoms with Crippen LogP contribution in [-0.4, -0.2) is 52.1 Å². The van der Waals surface area contributed by atoms with E-state index in [0.717, 1.165) is 37.9 Å². The van der Waals surface area contributed by atoms with Crippen LogP contribution in [0.4, 0.5) is 5.95 Å². The van der Waals surface area contributed by atoms with E-state index in [1.807, 2.05) is 29.2 Å². The fourth-order valence-corrected chi connectivity index (χ4v) is 3.34. The van der Waals surface area contributed by atoms with E-state index in [2.05, 4.69) is 20.5 Å². The predicted molar refractivity (Wildman–Crippen MR) is 101 cm³/mol. The number of H-pyrrole nitrogens is 1. The number of piperidine rings is 1. The fourth-order valence-electron chi connectivity index (χ4n) is 3.34. The summed E-state index contributed by atoms with van der Waals surface area (Å²) in [7, 11) is 1.60. The summed E-state index contributed by atoms with van der Waals surface area (Å²) in [4.78, 5) is 29.8. The number of anilines is 1. The van der Waals surface area contributed by atoms with Crippen LogP contribution in [0.1, 0.15) is 32.6 Å². The van der Waals surface area contributed by atoms with E-state index in [1.165, 1.54) is 0 Å². The standard InChI is InChI=1S/C19H25N5O3/c1-13(25)24-11-9-14(10-12-24)7-8-17(26)20-19-21-18(22-23-19)15-5-3-4-6-16(15)27-2/h3-6,14H,7-12H2,1-2H3,(H2,20,21,22,23,26). The third kappa shape index (κ3) is 4.84. The molecule has 2 amide bonds. The number of rotatable bonds is 6. The Morgan fingerprint density at radius 2 is 2.04 bits per heavy atom. The van der Waals surface area contributed by atoms with Crippen LogP contribution in [0.15, 0.2) is 24.3 Å². The number of aromatic amines is 1. The zero-order valence-corrected chi connectivity index (χ0v) is 15.7. The van der Waals surface area contributed by atoms with Crippen LogP contribution >= 0.6 is 0 Å². The van der Waals surface area contributed by atoms with E-state index in [1.54, 1.807) is 14.0 Å². The number of para-hydroxylation sites is 1. The van der Waals surface area contributed by atoms with Crippen molar-refractivity contribution in [1.29, 1.82) is 0 Å². The lowest BCUT2D eigenvalue weighted by Gasteiger charge is -2.31. The highest BCUT2D eigenvalue weighted by Crippen LogP contribution is 2.27. The van der Waals surface area contributed by atoms with Crippen molar-refractivity contribution < 1.29 is 14.3 Å². The van der Waals surface area contributed by atoms with Gasteiger partial charge in [-0.1, -0.05) is 12.1 Å². The summed E-state index contributed by atoms with van der Waals surface area (Å²) in [6.45, 7) is 3.17. The van der Waals surface area contributed by atoms with Crippen LogP contribution in [0.2, 0.25) is 0 Å². The number of nitrogens with one attached hydrogen (secondary N) is 2. The number of hydrogen-bond acceptors (Lipinski definition) is 5. The molecule has 1 aromatic heterocycles. The SMILES string of the molecule is COc1ccccc1-c1nc(NC(=O)CCC2CCN(C(C)=O)CC2)n[nH]1. The molecule has 0 unspecified atom stereocenters. The minimum absolute atomic E-state index is 0.102. The predicted octanol–water partition coefficient (Wildman–Crippen LogP) is 2.46. The number of carbonyl (C=O) groups excluding carboxylic acids is 2. The molecule has 1 fully saturated rings. The Morgan fingerprint density at radius 1 is 1.30 bits per heavy atom. The third-order valence-electron chi connectivity index (χ3n) is 4.94. The second-order valence-corrected chi connectivity index (χ2v) is 6.74. The molecule has 0 atom stereocenters. The number of benzene rings is 1. The number of aromatic nitrogens is 3. The maximum atomic E-state index is 12.2. The Bertz CT molecular complexity index is 796. The summed E-state index contributed by atoms with van der Waals surface area (Å²) in [6.07, 6.45) is 3.13. The fraction of sp³-hybridized carbons (Fsp3) is 0.474. The first-order valence-electron chi connectivity index (χ1n) is 9.18. The molecule has 2 aromatic rings. The van der Waals surface area contributed by atoms with Gasteiger partial charge in [-0.15, -0.1) is 5.10 Å². The average Bonchev–Trinajstić information content (AvgIpc) is 3.14. The van der Waals surface area contributed by atoms with Crippen molar-refractivity contribution in [3.63, 3.8) is 0 Å². The van der Waals surface area contributed by atoms with Crippen molar-refractivity contribution in [2.75, 3.05) is 25.5 Å². The van der Waals surface area contributed by atoms with Crippen molar-refractivity contribution >= 4 is 17.8 Å². The topological polar surface area (TPSA) is 100 Å². The molecule has 8 heteroatoms. The Kier molecular flexibility index (Phi) is 6.05. The smallest absolute Gasteiger partial charge is 0.249 e. The molecular formula is C19H25N5O3. The molecule has 3 rings (SSSR count). The lowest BCUT2D eigenvalue weighted by atomic mass is 9.92. The van der Waals surface area contributed by atoms with Crippen LogP contribution in [-0.2, 0) is 9.59 Å². The lowest BCUT2D eigenvalue weighted by Crippen LogP contribution is -2.37. The monoisotopic (exact) mass is 371 g/mol. The summed E-state index contributed by atoms with van der Waals surface area (Å²) < 4.78 is 5.32. The zero-order chi connectivity index (χ0) is 19.2. The average molecular weight is 371 g/mol. The third-order valence-corrected chi connectivity index (χ3v) is 4.94. The molecule has 0 saturated carbocycles. The Balaban J connectivity index is 1.49. The van der Waals surface area contributed by atoms with Crippen molar-refractivity contribution in [3.8, 4) is 17.1 Å². The molecule has 1 aliphatic rings. The van der Waals surface area contributed by atoms with Gasteiger partial charge in [-0.05, 0) is 37.3 Å². The van der Waals surface area contributed by atoms with Crippen LogP contribution in [0.3, 0.4) is 0 Å². The summed E-state index contributed by atoms with van der Waals surface area (Å²) in [6, 6.07) is 7.48. The quantitative estimate of drug-likeness (QED) is 0.812. The highest BCUT2D eigenvalue weighted by molar-refractivity contribution is 5.89. The number of carbonyl (C=O) groups is 2. The molecule has 1 aromatic carbocycles. The molecular weight excluding hydrogens is 346 g/mol. The van der Waals surface area contributed by atoms with Crippen LogP contribution < -0.4 is 10.1 Å². The largest absolute Gasteiger partial charge is 0.496 e. The molecule has 8 nitrogen and oxygen atoms in total. The number of methoxy groups -OCH3 is 1. The summed E-state index contributed by atoms with van der Waals surface area (Å²) in [5.74, 6) is 1.98. The number of ether oxygens (including phenoxy) is 1. The lowest BCUT2D eigenvalue weighted by molar-refractivity contribution is -0.130. The molecule has 0 spiro atoms. The Hall–Kier alpha value is -2.90. The molecule has 2 heterocycles. The van der Waals surface area contributed by atoms with E-state index >= 15 is 0 Å². The van der Waals surface area contributed by atoms with Gasteiger partial charge in [0.1, 0.15) is 5.75 Å². The van der Waals surface area contributed by atoms with Crippen LogP contribution in [0.25, 0.3) is 11.4 Å². The van der Waals surface area contributed by atoms with Gasteiger partial charge < -0.3 is 9.64 Å². The second kappa shape index (κ2) is 8.66. The molecule has 1 saturated heterocycles. The van der Waals surface area contributed by atoms with Crippen molar-refractivity contribution in [1.82, 2.24) is 20.1 Å². The minimum Gasteiger partial charge on any atom is -0.496 e. The first-order valence-corrected chi connectivity index (χ1v) is 9.18. The highest BCUT2D eigenvalue weighted by Gasteiger charge is 2.21. The van der Waals surface area contributed by atoms with E-state index in [0.29, 0.717) is 23.9 Å². The van der Waals surface area contributed by atoms with Crippen molar-refractivity contribution in [2.45, 2.75) is 32.6 Å². The Morgan fingerprint density at radius 3 is 2.74 bits per heavy atom. The van der Waals surface area contributed by atoms with E-state index in [-0.39, 0.29) is 17.8 Å². The van der Waals surface area contributed by atoms with E-state index < -0.39 is 0 Å². The molecule has 2 N–H and O–H groups in total. The van der Waals surface area contributed by atoms with Crippen molar-refractivity contribution in [3.05, 3.63) is 24.3 Å². The molecule has 0 radical (unpaired) electrons.